The molecule has 2 aromatic heterocycles. The van der Waals surface area contributed by atoms with E-state index in [1.807, 2.05) is 48.5 Å². The second-order valence-electron chi connectivity index (χ2n) is 6.31. The minimum absolute atomic E-state index is 0.680. The molecule has 0 N–H and O–H groups in total. The molecule has 0 spiro atoms. The summed E-state index contributed by atoms with van der Waals surface area (Å²) in [4.78, 5) is 0. The Kier molecular flexibility index (Phi) is 2.43. The van der Waals surface area contributed by atoms with Gasteiger partial charge in [-0.15, -0.1) is 0 Å². The van der Waals surface area contributed by atoms with Gasteiger partial charge in [-0.1, -0.05) is 29.8 Å². The third-order valence-corrected chi connectivity index (χ3v) is 5.17. The van der Waals surface area contributed by atoms with Crippen LogP contribution in [-0.2, 0) is 0 Å². The van der Waals surface area contributed by atoms with Crippen molar-refractivity contribution in [2.75, 3.05) is 0 Å². The molecule has 0 aliphatic heterocycles. The van der Waals surface area contributed by atoms with Crippen LogP contribution >= 0.6 is 11.6 Å². The Morgan fingerprint density at radius 1 is 0.520 bits per heavy atom. The molecule has 0 bridgehead atoms. The molecule has 3 heteroatoms. The molecule has 0 unspecified atom stereocenters. The van der Waals surface area contributed by atoms with Crippen LogP contribution in [0, 0.1) is 0 Å². The van der Waals surface area contributed by atoms with Crippen molar-refractivity contribution in [1.29, 1.82) is 0 Å². The van der Waals surface area contributed by atoms with Gasteiger partial charge in [-0.2, -0.15) is 0 Å². The Bertz CT molecular complexity index is 1450. The monoisotopic (exact) mass is 342 g/mol. The summed E-state index contributed by atoms with van der Waals surface area (Å²) in [5.41, 5.74) is 3.50. The van der Waals surface area contributed by atoms with E-state index in [0.717, 1.165) is 49.3 Å². The van der Waals surface area contributed by atoms with Gasteiger partial charge >= 0.3 is 0 Å². The zero-order valence-electron chi connectivity index (χ0n) is 13.0. The molecule has 25 heavy (non-hydrogen) atoms. The lowest BCUT2D eigenvalue weighted by atomic mass is 9.99. The Hall–Kier alpha value is -2.97. The summed E-state index contributed by atoms with van der Waals surface area (Å²) in [6.45, 7) is 0. The van der Waals surface area contributed by atoms with Crippen molar-refractivity contribution in [3.05, 3.63) is 71.8 Å². The topological polar surface area (TPSA) is 26.3 Å². The first-order valence-corrected chi connectivity index (χ1v) is 8.52. The second kappa shape index (κ2) is 4.56. The predicted molar refractivity (Wildman–Crippen MR) is 104 cm³/mol. The third kappa shape index (κ3) is 1.70. The summed E-state index contributed by atoms with van der Waals surface area (Å²) in [6.07, 6.45) is 0. The highest BCUT2D eigenvalue weighted by Crippen LogP contribution is 2.40. The second-order valence-corrected chi connectivity index (χ2v) is 6.75. The summed E-state index contributed by atoms with van der Waals surface area (Å²) in [5, 5.41) is 7.51. The van der Waals surface area contributed by atoms with Crippen LogP contribution < -0.4 is 0 Å². The van der Waals surface area contributed by atoms with E-state index in [2.05, 4.69) is 18.2 Å². The molecule has 0 aliphatic rings. The van der Waals surface area contributed by atoms with Crippen LogP contribution in [0.1, 0.15) is 0 Å². The van der Waals surface area contributed by atoms with Crippen molar-refractivity contribution in [3.8, 4) is 0 Å². The highest BCUT2D eigenvalue weighted by atomic mass is 35.5. The van der Waals surface area contributed by atoms with Crippen LogP contribution in [0.25, 0.3) is 54.6 Å². The van der Waals surface area contributed by atoms with Gasteiger partial charge < -0.3 is 8.83 Å². The van der Waals surface area contributed by atoms with Crippen LogP contribution in [0.5, 0.6) is 0 Å². The standard InChI is InChI=1S/C22H11ClO2/c23-12-5-6-16-20(11-12)25-19-10-8-13-14(22(16)19)7-9-18-21(13)15-3-1-2-4-17(15)24-18/h1-11H. The lowest BCUT2D eigenvalue weighted by molar-refractivity contribution is 0.668. The average molecular weight is 343 g/mol. The fourth-order valence-electron chi connectivity index (χ4n) is 3.88. The van der Waals surface area contributed by atoms with Gasteiger partial charge in [-0.05, 0) is 53.2 Å². The van der Waals surface area contributed by atoms with Crippen molar-refractivity contribution in [3.63, 3.8) is 0 Å². The van der Waals surface area contributed by atoms with Crippen LogP contribution in [0.15, 0.2) is 75.6 Å². The first-order chi connectivity index (χ1) is 12.3. The van der Waals surface area contributed by atoms with Gasteiger partial charge in [-0.25, -0.2) is 0 Å². The highest BCUT2D eigenvalue weighted by molar-refractivity contribution is 6.32. The minimum Gasteiger partial charge on any atom is -0.456 e. The average Bonchev–Trinajstić information content (AvgIpc) is 3.18. The molecule has 6 aromatic rings. The Morgan fingerprint density at radius 2 is 1.12 bits per heavy atom. The van der Waals surface area contributed by atoms with E-state index in [4.69, 9.17) is 20.4 Å². The lowest BCUT2D eigenvalue weighted by Crippen LogP contribution is -1.76. The van der Waals surface area contributed by atoms with E-state index in [0.29, 0.717) is 5.02 Å². The molecule has 0 aliphatic carbocycles. The minimum atomic E-state index is 0.680. The summed E-state index contributed by atoms with van der Waals surface area (Å²) < 4.78 is 12.0. The van der Waals surface area contributed by atoms with Gasteiger partial charge in [0.15, 0.2) is 0 Å². The van der Waals surface area contributed by atoms with Crippen molar-refractivity contribution >= 4 is 66.3 Å². The number of hydrogen-bond acceptors (Lipinski definition) is 2. The number of halogens is 1. The molecule has 0 radical (unpaired) electrons. The fraction of sp³-hybridized carbons (Fsp3) is 0. The zero-order chi connectivity index (χ0) is 16.5. The largest absolute Gasteiger partial charge is 0.456 e. The highest BCUT2D eigenvalue weighted by Gasteiger charge is 2.15. The van der Waals surface area contributed by atoms with Crippen LogP contribution in [-0.4, -0.2) is 0 Å². The van der Waals surface area contributed by atoms with E-state index >= 15 is 0 Å². The number of hydrogen-bond donors (Lipinski definition) is 0. The maximum Gasteiger partial charge on any atom is 0.136 e. The molecular formula is C22H11ClO2. The van der Waals surface area contributed by atoms with E-state index in [-0.39, 0.29) is 0 Å². The number of para-hydroxylation sites is 1. The van der Waals surface area contributed by atoms with Gasteiger partial charge in [0.2, 0.25) is 0 Å². The Balaban J connectivity index is 1.90. The number of fused-ring (bicyclic) bond motifs is 9. The summed E-state index contributed by atoms with van der Waals surface area (Å²) in [6, 6.07) is 22.3. The smallest absolute Gasteiger partial charge is 0.136 e. The molecule has 0 saturated heterocycles. The predicted octanol–water partition coefficient (Wildman–Crippen LogP) is 7.29. The molecule has 0 atom stereocenters. The summed E-state index contributed by atoms with van der Waals surface area (Å²) in [5.74, 6) is 0. The van der Waals surface area contributed by atoms with Gasteiger partial charge in [-0.3, -0.25) is 0 Å². The fourth-order valence-corrected chi connectivity index (χ4v) is 4.04. The van der Waals surface area contributed by atoms with Crippen molar-refractivity contribution < 1.29 is 8.83 Å². The molecule has 2 heterocycles. The molecule has 118 valence electrons. The van der Waals surface area contributed by atoms with E-state index in [1.54, 1.807) is 0 Å². The lowest BCUT2D eigenvalue weighted by Gasteiger charge is -2.01. The van der Waals surface area contributed by atoms with Gasteiger partial charge in [0.25, 0.3) is 0 Å². The molecule has 4 aromatic carbocycles. The van der Waals surface area contributed by atoms with E-state index in [1.165, 1.54) is 5.39 Å². The van der Waals surface area contributed by atoms with Crippen LogP contribution in [0.4, 0.5) is 0 Å². The van der Waals surface area contributed by atoms with Crippen molar-refractivity contribution in [2.45, 2.75) is 0 Å². The number of benzene rings is 4. The maximum atomic E-state index is 6.12. The molecular weight excluding hydrogens is 332 g/mol. The van der Waals surface area contributed by atoms with Gasteiger partial charge in [0.05, 0.1) is 0 Å². The molecule has 2 nitrogen and oxygen atoms in total. The van der Waals surface area contributed by atoms with Crippen molar-refractivity contribution in [2.24, 2.45) is 0 Å². The molecule has 0 fully saturated rings. The first kappa shape index (κ1) is 13.3. The van der Waals surface area contributed by atoms with Gasteiger partial charge in [0.1, 0.15) is 22.3 Å². The third-order valence-electron chi connectivity index (χ3n) is 4.93. The number of furan rings is 2. The molecule has 0 amide bonds. The van der Waals surface area contributed by atoms with Crippen LogP contribution in [0.2, 0.25) is 5.02 Å². The van der Waals surface area contributed by atoms with E-state index < -0.39 is 0 Å². The molecule has 6 rings (SSSR count). The SMILES string of the molecule is Clc1ccc2c(c1)oc1ccc3c(ccc4oc5ccccc5c43)c12. The molecule has 0 saturated carbocycles. The maximum absolute atomic E-state index is 6.12. The zero-order valence-corrected chi connectivity index (χ0v) is 13.8. The van der Waals surface area contributed by atoms with E-state index in [9.17, 15) is 0 Å². The number of rotatable bonds is 0. The first-order valence-electron chi connectivity index (χ1n) is 8.14. The Morgan fingerprint density at radius 3 is 1.88 bits per heavy atom. The summed E-state index contributed by atoms with van der Waals surface area (Å²) in [7, 11) is 0. The van der Waals surface area contributed by atoms with Crippen molar-refractivity contribution in [1.82, 2.24) is 0 Å². The normalized spacial score (nSPS) is 12.2. The quantitative estimate of drug-likeness (QED) is 0.289. The summed E-state index contributed by atoms with van der Waals surface area (Å²) >= 11 is 6.12. The Labute approximate surface area is 147 Å². The van der Waals surface area contributed by atoms with Crippen LogP contribution in [0.3, 0.4) is 0 Å². The van der Waals surface area contributed by atoms with Gasteiger partial charge in [0, 0.05) is 32.6 Å².